The number of carbonyl (C=O) groups excluding carboxylic acids is 1. The predicted octanol–water partition coefficient (Wildman–Crippen LogP) is 3.40. The molecule has 2 nitrogen and oxygen atoms in total. The lowest BCUT2D eigenvalue weighted by Crippen LogP contribution is -2.39. The number of hydrogen-bond acceptors (Lipinski definition) is 1. The maximum absolute atomic E-state index is 12.1. The standard InChI is InChI=1S/C15H21NO/c1-3-7-15(17)16-11-12(4-2)10-13-8-5-6-9-14(13)16/h5-6,8-9,12H,3-4,7,10-11H2,1-2H3. The third-order valence-corrected chi connectivity index (χ3v) is 3.57. The minimum Gasteiger partial charge on any atom is -0.312 e. The lowest BCUT2D eigenvalue weighted by atomic mass is 9.90. The molecule has 2 rings (SSSR count). The molecule has 1 aromatic rings. The number of carbonyl (C=O) groups is 1. The zero-order valence-electron chi connectivity index (χ0n) is 10.8. The average Bonchev–Trinajstić information content (AvgIpc) is 2.37. The Morgan fingerprint density at radius 2 is 2.12 bits per heavy atom. The quantitative estimate of drug-likeness (QED) is 0.780. The largest absolute Gasteiger partial charge is 0.312 e. The Balaban J connectivity index is 2.29. The van der Waals surface area contributed by atoms with Crippen molar-refractivity contribution in [1.82, 2.24) is 0 Å². The molecule has 1 aliphatic heterocycles. The van der Waals surface area contributed by atoms with Crippen molar-refractivity contribution in [3.8, 4) is 0 Å². The highest BCUT2D eigenvalue weighted by Crippen LogP contribution is 2.31. The van der Waals surface area contributed by atoms with Gasteiger partial charge < -0.3 is 4.90 Å². The molecule has 0 saturated heterocycles. The number of amides is 1. The number of fused-ring (bicyclic) bond motifs is 1. The van der Waals surface area contributed by atoms with E-state index in [1.54, 1.807) is 0 Å². The molecule has 0 saturated carbocycles. The van der Waals surface area contributed by atoms with E-state index in [4.69, 9.17) is 0 Å². The zero-order valence-corrected chi connectivity index (χ0v) is 10.8. The predicted molar refractivity (Wildman–Crippen MR) is 71.2 cm³/mol. The Labute approximate surface area is 104 Å². The first-order valence-corrected chi connectivity index (χ1v) is 6.64. The Morgan fingerprint density at radius 3 is 2.82 bits per heavy atom. The summed E-state index contributed by atoms with van der Waals surface area (Å²) in [6, 6.07) is 8.33. The highest BCUT2D eigenvalue weighted by atomic mass is 16.2. The molecule has 0 aliphatic carbocycles. The third-order valence-electron chi connectivity index (χ3n) is 3.57. The summed E-state index contributed by atoms with van der Waals surface area (Å²) in [5.74, 6) is 0.892. The van der Waals surface area contributed by atoms with Crippen LogP contribution >= 0.6 is 0 Å². The van der Waals surface area contributed by atoms with E-state index in [-0.39, 0.29) is 5.91 Å². The first-order chi connectivity index (χ1) is 8.26. The molecule has 1 aromatic carbocycles. The van der Waals surface area contributed by atoms with Crippen LogP contribution in [0.3, 0.4) is 0 Å². The van der Waals surface area contributed by atoms with Crippen LogP contribution in [0.4, 0.5) is 5.69 Å². The summed E-state index contributed by atoms with van der Waals surface area (Å²) in [6.45, 7) is 5.17. The lowest BCUT2D eigenvalue weighted by Gasteiger charge is -2.34. The number of nitrogens with zero attached hydrogens (tertiary/aromatic N) is 1. The Bertz CT molecular complexity index is 400. The molecule has 0 spiro atoms. The smallest absolute Gasteiger partial charge is 0.226 e. The van der Waals surface area contributed by atoms with E-state index in [0.717, 1.165) is 31.5 Å². The molecule has 0 radical (unpaired) electrons. The summed E-state index contributed by atoms with van der Waals surface area (Å²) in [5, 5.41) is 0. The van der Waals surface area contributed by atoms with Crippen molar-refractivity contribution in [2.75, 3.05) is 11.4 Å². The molecule has 1 heterocycles. The zero-order chi connectivity index (χ0) is 12.3. The highest BCUT2D eigenvalue weighted by Gasteiger charge is 2.26. The molecule has 92 valence electrons. The van der Waals surface area contributed by atoms with E-state index < -0.39 is 0 Å². The van der Waals surface area contributed by atoms with Crippen LogP contribution in [0.25, 0.3) is 0 Å². The summed E-state index contributed by atoms with van der Waals surface area (Å²) in [4.78, 5) is 14.1. The fourth-order valence-corrected chi connectivity index (χ4v) is 2.54. The van der Waals surface area contributed by atoms with Crippen LogP contribution in [0.15, 0.2) is 24.3 Å². The third kappa shape index (κ3) is 2.51. The van der Waals surface area contributed by atoms with Crippen molar-refractivity contribution in [2.24, 2.45) is 5.92 Å². The Kier molecular flexibility index (Phi) is 3.82. The van der Waals surface area contributed by atoms with E-state index in [0.29, 0.717) is 12.3 Å². The molecule has 17 heavy (non-hydrogen) atoms. The average molecular weight is 231 g/mol. The van der Waals surface area contributed by atoms with Crippen molar-refractivity contribution >= 4 is 11.6 Å². The van der Waals surface area contributed by atoms with Crippen molar-refractivity contribution in [1.29, 1.82) is 0 Å². The van der Waals surface area contributed by atoms with Gasteiger partial charge in [-0.05, 0) is 30.4 Å². The second-order valence-corrected chi connectivity index (χ2v) is 4.86. The summed E-state index contributed by atoms with van der Waals surface area (Å²) < 4.78 is 0. The van der Waals surface area contributed by atoms with Crippen LogP contribution in [0.5, 0.6) is 0 Å². The normalized spacial score (nSPS) is 18.9. The topological polar surface area (TPSA) is 20.3 Å². The fraction of sp³-hybridized carbons (Fsp3) is 0.533. The molecule has 0 bridgehead atoms. The SMILES string of the molecule is CCCC(=O)N1CC(CC)Cc2ccccc21. The molecule has 0 aromatic heterocycles. The molecular formula is C15H21NO. The molecule has 1 aliphatic rings. The van der Waals surface area contributed by atoms with Gasteiger partial charge in [0.25, 0.3) is 0 Å². The first kappa shape index (κ1) is 12.2. The second kappa shape index (κ2) is 5.35. The van der Waals surface area contributed by atoms with Gasteiger partial charge in [-0.1, -0.05) is 38.5 Å². The number of benzene rings is 1. The van der Waals surface area contributed by atoms with Gasteiger partial charge in [-0.2, -0.15) is 0 Å². The van der Waals surface area contributed by atoms with Crippen LogP contribution in [0, 0.1) is 5.92 Å². The van der Waals surface area contributed by atoms with Gasteiger partial charge in [0.1, 0.15) is 0 Å². The molecule has 0 fully saturated rings. The summed E-state index contributed by atoms with van der Waals surface area (Å²) in [5.41, 5.74) is 2.46. The van der Waals surface area contributed by atoms with Crippen molar-refractivity contribution in [3.05, 3.63) is 29.8 Å². The summed E-state index contributed by atoms with van der Waals surface area (Å²) in [6.07, 6.45) is 3.84. The maximum Gasteiger partial charge on any atom is 0.226 e. The van der Waals surface area contributed by atoms with Gasteiger partial charge in [0.05, 0.1) is 0 Å². The summed E-state index contributed by atoms with van der Waals surface area (Å²) in [7, 11) is 0. The van der Waals surface area contributed by atoms with E-state index in [1.807, 2.05) is 11.0 Å². The summed E-state index contributed by atoms with van der Waals surface area (Å²) >= 11 is 0. The number of para-hydroxylation sites is 1. The molecular weight excluding hydrogens is 210 g/mol. The van der Waals surface area contributed by atoms with Crippen LogP contribution in [0.2, 0.25) is 0 Å². The lowest BCUT2D eigenvalue weighted by molar-refractivity contribution is -0.118. The molecule has 1 unspecified atom stereocenters. The minimum atomic E-state index is 0.276. The van der Waals surface area contributed by atoms with Crippen LogP contribution in [0.1, 0.15) is 38.7 Å². The van der Waals surface area contributed by atoms with Gasteiger partial charge in [0.15, 0.2) is 0 Å². The Morgan fingerprint density at radius 1 is 1.35 bits per heavy atom. The van der Waals surface area contributed by atoms with E-state index in [1.165, 1.54) is 5.56 Å². The molecule has 0 N–H and O–H groups in total. The van der Waals surface area contributed by atoms with Gasteiger partial charge in [-0.3, -0.25) is 4.79 Å². The minimum absolute atomic E-state index is 0.276. The van der Waals surface area contributed by atoms with Gasteiger partial charge >= 0.3 is 0 Å². The van der Waals surface area contributed by atoms with Gasteiger partial charge in [-0.25, -0.2) is 0 Å². The van der Waals surface area contributed by atoms with E-state index in [9.17, 15) is 4.79 Å². The molecule has 1 amide bonds. The Hall–Kier alpha value is -1.31. The van der Waals surface area contributed by atoms with Gasteiger partial charge in [-0.15, -0.1) is 0 Å². The van der Waals surface area contributed by atoms with E-state index in [2.05, 4.69) is 32.0 Å². The van der Waals surface area contributed by atoms with Crippen molar-refractivity contribution in [3.63, 3.8) is 0 Å². The number of anilines is 1. The maximum atomic E-state index is 12.1. The van der Waals surface area contributed by atoms with Gasteiger partial charge in [0.2, 0.25) is 5.91 Å². The van der Waals surface area contributed by atoms with Crippen LogP contribution < -0.4 is 4.90 Å². The number of hydrogen-bond donors (Lipinski definition) is 0. The van der Waals surface area contributed by atoms with Crippen LogP contribution in [-0.2, 0) is 11.2 Å². The highest BCUT2D eigenvalue weighted by molar-refractivity contribution is 5.94. The van der Waals surface area contributed by atoms with Crippen molar-refractivity contribution < 1.29 is 4.79 Å². The monoisotopic (exact) mass is 231 g/mol. The van der Waals surface area contributed by atoms with Crippen LogP contribution in [-0.4, -0.2) is 12.5 Å². The fourth-order valence-electron chi connectivity index (χ4n) is 2.54. The van der Waals surface area contributed by atoms with Crippen molar-refractivity contribution in [2.45, 2.75) is 39.5 Å². The van der Waals surface area contributed by atoms with E-state index >= 15 is 0 Å². The van der Waals surface area contributed by atoms with Gasteiger partial charge in [0, 0.05) is 18.7 Å². The molecule has 2 heteroatoms. The first-order valence-electron chi connectivity index (χ1n) is 6.64. The number of rotatable bonds is 3. The second-order valence-electron chi connectivity index (χ2n) is 4.86. The molecule has 1 atom stereocenters.